The van der Waals surface area contributed by atoms with Crippen molar-refractivity contribution >= 4 is 23.2 Å². The predicted octanol–water partition coefficient (Wildman–Crippen LogP) is 6.22. The van der Waals surface area contributed by atoms with Gasteiger partial charge < -0.3 is 14.2 Å². The number of β-lactam (4-membered cyclic amide) rings is 1. The summed E-state index contributed by atoms with van der Waals surface area (Å²) in [7, 11) is 2.97. The second kappa shape index (κ2) is 9.10. The zero-order valence-corrected chi connectivity index (χ0v) is 19.3. The van der Waals surface area contributed by atoms with Crippen LogP contribution in [0.3, 0.4) is 0 Å². The molecule has 1 amide bonds. The van der Waals surface area contributed by atoms with Crippen LogP contribution in [0.4, 0.5) is 18.9 Å². The van der Waals surface area contributed by atoms with E-state index in [9.17, 15) is 18.0 Å². The Bertz CT molecular complexity index is 1230. The Morgan fingerprint density at radius 2 is 1.62 bits per heavy atom. The maximum Gasteiger partial charge on any atom is 0.416 e. The normalized spacial score (nSPS) is 17.9. The highest BCUT2D eigenvalue weighted by molar-refractivity contribution is 6.30. The molecule has 1 aliphatic rings. The quantitative estimate of drug-likeness (QED) is 0.384. The number of nitrogens with zero attached hydrogens (tertiary/aromatic N) is 1. The molecular weight excluding hydrogens is 471 g/mol. The Morgan fingerprint density at radius 1 is 0.912 bits per heavy atom. The van der Waals surface area contributed by atoms with E-state index < -0.39 is 29.8 Å². The number of ether oxygens (including phenoxy) is 3. The SMILES string of the molecule is COc1ccc([C@H]2[C@H](Oc3ccc(Cl)cc3C)C(=O)N2c2cccc(C(F)(F)F)c2)cc1OC. The van der Waals surface area contributed by atoms with Gasteiger partial charge in [0.2, 0.25) is 6.10 Å². The van der Waals surface area contributed by atoms with Gasteiger partial charge in [-0.1, -0.05) is 23.7 Å². The van der Waals surface area contributed by atoms with E-state index in [1.54, 1.807) is 43.3 Å². The third-order valence-electron chi connectivity index (χ3n) is 5.64. The van der Waals surface area contributed by atoms with E-state index in [-0.39, 0.29) is 5.69 Å². The van der Waals surface area contributed by atoms with Gasteiger partial charge in [-0.2, -0.15) is 13.2 Å². The molecule has 0 aliphatic carbocycles. The maximum absolute atomic E-state index is 13.3. The number of benzene rings is 3. The summed E-state index contributed by atoms with van der Waals surface area (Å²) in [6.07, 6.45) is -5.51. The minimum Gasteiger partial charge on any atom is -0.493 e. The number of aryl methyl sites for hydroxylation is 1. The number of halogens is 4. The van der Waals surface area contributed by atoms with Crippen LogP contribution in [-0.4, -0.2) is 26.2 Å². The van der Waals surface area contributed by atoms with Gasteiger partial charge in [0.05, 0.1) is 19.8 Å². The van der Waals surface area contributed by atoms with Crippen LogP contribution >= 0.6 is 11.6 Å². The molecule has 34 heavy (non-hydrogen) atoms. The van der Waals surface area contributed by atoms with E-state index >= 15 is 0 Å². The summed E-state index contributed by atoms with van der Waals surface area (Å²) in [5.74, 6) is 0.892. The molecule has 2 atom stereocenters. The van der Waals surface area contributed by atoms with Crippen LogP contribution in [0.15, 0.2) is 60.7 Å². The maximum atomic E-state index is 13.3. The molecule has 3 aromatic rings. The first-order valence-corrected chi connectivity index (χ1v) is 10.7. The van der Waals surface area contributed by atoms with E-state index in [0.717, 1.165) is 17.7 Å². The smallest absolute Gasteiger partial charge is 0.416 e. The molecule has 0 unspecified atom stereocenters. The Balaban J connectivity index is 1.77. The largest absolute Gasteiger partial charge is 0.493 e. The number of amides is 1. The molecule has 1 heterocycles. The number of carbonyl (C=O) groups is 1. The highest BCUT2D eigenvalue weighted by Crippen LogP contribution is 2.45. The number of carbonyl (C=O) groups excluding carboxylic acids is 1. The van der Waals surface area contributed by atoms with Crippen LogP contribution in [0.1, 0.15) is 22.7 Å². The van der Waals surface area contributed by atoms with E-state index in [4.69, 9.17) is 25.8 Å². The summed E-state index contributed by atoms with van der Waals surface area (Å²) in [6.45, 7) is 1.79. The Hall–Kier alpha value is -3.39. The molecule has 5 nitrogen and oxygen atoms in total. The van der Waals surface area contributed by atoms with Crippen LogP contribution < -0.4 is 19.1 Å². The number of alkyl halides is 3. The summed E-state index contributed by atoms with van der Waals surface area (Å²) < 4.78 is 56.7. The fraction of sp³-hybridized carbons (Fsp3) is 0.240. The first kappa shape index (κ1) is 23.8. The topological polar surface area (TPSA) is 48.0 Å². The van der Waals surface area contributed by atoms with E-state index in [2.05, 4.69) is 0 Å². The molecule has 0 aromatic heterocycles. The Labute approximate surface area is 199 Å². The molecule has 1 aliphatic heterocycles. The van der Waals surface area contributed by atoms with Gasteiger partial charge in [-0.3, -0.25) is 9.69 Å². The fourth-order valence-corrected chi connectivity index (χ4v) is 4.17. The van der Waals surface area contributed by atoms with Gasteiger partial charge in [0.15, 0.2) is 11.5 Å². The lowest BCUT2D eigenvalue weighted by molar-refractivity contribution is -0.138. The third kappa shape index (κ3) is 4.37. The molecule has 4 rings (SSSR count). The van der Waals surface area contributed by atoms with Gasteiger partial charge in [0.1, 0.15) is 11.8 Å². The summed E-state index contributed by atoms with van der Waals surface area (Å²) >= 11 is 6.02. The number of hydrogen-bond donors (Lipinski definition) is 0. The first-order chi connectivity index (χ1) is 16.1. The average Bonchev–Trinajstić information content (AvgIpc) is 2.80. The molecule has 9 heteroatoms. The van der Waals surface area contributed by atoms with Gasteiger partial charge in [-0.15, -0.1) is 0 Å². The second-order valence-electron chi connectivity index (χ2n) is 7.76. The summed E-state index contributed by atoms with van der Waals surface area (Å²) in [6, 6.07) is 14.0. The predicted molar refractivity (Wildman–Crippen MR) is 122 cm³/mol. The fourth-order valence-electron chi connectivity index (χ4n) is 3.94. The molecular formula is C25H21ClF3NO4. The van der Waals surface area contributed by atoms with Crippen molar-refractivity contribution in [3.05, 3.63) is 82.4 Å². The highest BCUT2D eigenvalue weighted by Gasteiger charge is 2.51. The van der Waals surface area contributed by atoms with Crippen LogP contribution in [-0.2, 0) is 11.0 Å². The molecule has 0 N–H and O–H groups in total. The molecule has 0 spiro atoms. The number of anilines is 1. The molecule has 0 saturated carbocycles. The van der Waals surface area contributed by atoms with Crippen LogP contribution in [0, 0.1) is 6.92 Å². The van der Waals surface area contributed by atoms with Crippen molar-refractivity contribution in [3.8, 4) is 17.2 Å². The lowest BCUT2D eigenvalue weighted by Gasteiger charge is -2.47. The minimum absolute atomic E-state index is 0.118. The number of methoxy groups -OCH3 is 2. The molecule has 0 radical (unpaired) electrons. The summed E-state index contributed by atoms with van der Waals surface area (Å²) in [4.78, 5) is 14.5. The van der Waals surface area contributed by atoms with E-state index in [1.165, 1.54) is 31.3 Å². The Kier molecular flexibility index (Phi) is 6.36. The van der Waals surface area contributed by atoms with Gasteiger partial charge in [0, 0.05) is 10.7 Å². The van der Waals surface area contributed by atoms with Crippen LogP contribution in [0.2, 0.25) is 5.02 Å². The lowest BCUT2D eigenvalue weighted by atomic mass is 9.89. The Morgan fingerprint density at radius 3 is 2.26 bits per heavy atom. The van der Waals surface area contributed by atoms with Crippen molar-refractivity contribution in [3.63, 3.8) is 0 Å². The molecule has 0 bridgehead atoms. The van der Waals surface area contributed by atoms with Crippen LogP contribution in [0.25, 0.3) is 0 Å². The van der Waals surface area contributed by atoms with Crippen molar-refractivity contribution in [2.24, 2.45) is 0 Å². The minimum atomic E-state index is -4.54. The van der Waals surface area contributed by atoms with Gasteiger partial charge in [-0.25, -0.2) is 0 Å². The van der Waals surface area contributed by atoms with E-state index in [1.807, 2.05) is 0 Å². The number of rotatable bonds is 6. The molecule has 1 fully saturated rings. The highest BCUT2D eigenvalue weighted by atomic mass is 35.5. The first-order valence-electron chi connectivity index (χ1n) is 10.3. The van der Waals surface area contributed by atoms with Crippen molar-refractivity contribution in [1.29, 1.82) is 0 Å². The number of hydrogen-bond acceptors (Lipinski definition) is 4. The van der Waals surface area contributed by atoms with Crippen LogP contribution in [0.5, 0.6) is 17.2 Å². The third-order valence-corrected chi connectivity index (χ3v) is 5.87. The molecule has 1 saturated heterocycles. The standard InChI is InChI=1S/C25H21ClF3NO4/c1-14-11-17(26)8-10-19(14)34-23-22(15-7-9-20(32-2)21(12-15)33-3)30(24(23)31)18-6-4-5-16(13-18)25(27,28)29/h4-13,22-23H,1-3H3/t22-,23-/m0/s1. The van der Waals surface area contributed by atoms with Crippen molar-refractivity contribution in [2.75, 3.05) is 19.1 Å². The van der Waals surface area contributed by atoms with E-state index in [0.29, 0.717) is 27.8 Å². The second-order valence-corrected chi connectivity index (χ2v) is 8.20. The molecule has 3 aromatic carbocycles. The zero-order chi connectivity index (χ0) is 24.6. The molecule has 178 valence electrons. The van der Waals surface area contributed by atoms with Gasteiger partial charge in [-0.05, 0) is 66.6 Å². The van der Waals surface area contributed by atoms with Gasteiger partial charge >= 0.3 is 6.18 Å². The van der Waals surface area contributed by atoms with Crippen molar-refractivity contribution < 1.29 is 32.2 Å². The average molecular weight is 492 g/mol. The van der Waals surface area contributed by atoms with Crippen molar-refractivity contribution in [2.45, 2.75) is 25.2 Å². The zero-order valence-electron chi connectivity index (χ0n) is 18.5. The lowest BCUT2D eigenvalue weighted by Crippen LogP contribution is -2.61. The monoisotopic (exact) mass is 491 g/mol. The summed E-state index contributed by atoms with van der Waals surface area (Å²) in [5.41, 5.74) is 0.615. The summed E-state index contributed by atoms with van der Waals surface area (Å²) in [5, 5.41) is 0.520. The van der Waals surface area contributed by atoms with Gasteiger partial charge in [0.25, 0.3) is 5.91 Å². The van der Waals surface area contributed by atoms with Crippen molar-refractivity contribution in [1.82, 2.24) is 0 Å².